The molecule has 154 valence electrons. The molecule has 6 nitrogen and oxygen atoms in total. The van der Waals surface area contributed by atoms with Crippen molar-refractivity contribution in [2.45, 2.75) is 25.3 Å². The van der Waals surface area contributed by atoms with Crippen LogP contribution in [0.5, 0.6) is 0 Å². The van der Waals surface area contributed by atoms with Gasteiger partial charge in [0.25, 0.3) is 5.91 Å². The Labute approximate surface area is 175 Å². The third-order valence-electron chi connectivity index (χ3n) is 4.79. The van der Waals surface area contributed by atoms with Gasteiger partial charge in [-0.1, -0.05) is 60.7 Å². The average molecular weight is 404 g/mol. The second kappa shape index (κ2) is 10.2. The van der Waals surface area contributed by atoms with E-state index in [-0.39, 0.29) is 11.5 Å². The van der Waals surface area contributed by atoms with E-state index >= 15 is 0 Å². The van der Waals surface area contributed by atoms with Crippen molar-refractivity contribution in [3.8, 4) is 0 Å². The number of carbonyl (C=O) groups is 3. The molecular formula is C24H24N2O4. The Hall–Kier alpha value is -3.67. The van der Waals surface area contributed by atoms with Gasteiger partial charge in [-0.3, -0.25) is 9.59 Å². The largest absolute Gasteiger partial charge is 0.467 e. The quantitative estimate of drug-likeness (QED) is 0.423. The number of methoxy groups -OCH3 is 1. The van der Waals surface area contributed by atoms with E-state index in [4.69, 9.17) is 4.74 Å². The highest BCUT2D eigenvalue weighted by atomic mass is 16.5. The minimum Gasteiger partial charge on any atom is -0.467 e. The van der Waals surface area contributed by atoms with Gasteiger partial charge in [0.15, 0.2) is 5.78 Å². The maximum absolute atomic E-state index is 12.6. The molecule has 1 heterocycles. The van der Waals surface area contributed by atoms with Crippen molar-refractivity contribution in [2.24, 2.45) is 0 Å². The maximum Gasteiger partial charge on any atom is 0.328 e. The number of aromatic nitrogens is 1. The van der Waals surface area contributed by atoms with Crippen molar-refractivity contribution in [2.75, 3.05) is 7.11 Å². The van der Waals surface area contributed by atoms with Gasteiger partial charge < -0.3 is 15.0 Å². The molecule has 1 amide bonds. The molecule has 3 aromatic rings. The summed E-state index contributed by atoms with van der Waals surface area (Å²) in [7, 11) is 1.28. The zero-order chi connectivity index (χ0) is 21.3. The summed E-state index contributed by atoms with van der Waals surface area (Å²) < 4.78 is 4.82. The molecule has 0 saturated carbocycles. The van der Waals surface area contributed by atoms with Gasteiger partial charge in [0.1, 0.15) is 11.7 Å². The summed E-state index contributed by atoms with van der Waals surface area (Å²) in [5.74, 6) is -1.08. The van der Waals surface area contributed by atoms with Crippen molar-refractivity contribution < 1.29 is 19.1 Å². The molecule has 30 heavy (non-hydrogen) atoms. The molecule has 0 spiro atoms. The molecule has 0 fully saturated rings. The lowest BCUT2D eigenvalue weighted by Crippen LogP contribution is -2.43. The fraction of sp³-hybridized carbons (Fsp3) is 0.208. The lowest BCUT2D eigenvalue weighted by Gasteiger charge is -2.16. The smallest absolute Gasteiger partial charge is 0.328 e. The molecule has 0 aliphatic rings. The van der Waals surface area contributed by atoms with Gasteiger partial charge in [0.2, 0.25) is 0 Å². The number of aryl methyl sites for hydroxylation is 1. The van der Waals surface area contributed by atoms with E-state index < -0.39 is 17.9 Å². The maximum atomic E-state index is 12.6. The van der Waals surface area contributed by atoms with E-state index in [0.29, 0.717) is 25.0 Å². The molecule has 0 bridgehead atoms. The Balaban J connectivity index is 1.62. The number of carbonyl (C=O) groups excluding carboxylic acids is 3. The Kier molecular flexibility index (Phi) is 7.16. The first-order valence-corrected chi connectivity index (χ1v) is 9.75. The monoisotopic (exact) mass is 404 g/mol. The number of aromatic amines is 1. The van der Waals surface area contributed by atoms with Crippen molar-refractivity contribution in [3.63, 3.8) is 0 Å². The number of nitrogens with one attached hydrogen (secondary N) is 2. The summed E-state index contributed by atoms with van der Waals surface area (Å²) in [5.41, 5.74) is 2.57. The van der Waals surface area contributed by atoms with Crippen LogP contribution in [0.15, 0.2) is 72.8 Å². The molecule has 1 atom stereocenters. The number of ketones is 1. The van der Waals surface area contributed by atoms with Crippen LogP contribution in [0.2, 0.25) is 0 Å². The molecule has 0 unspecified atom stereocenters. The molecule has 2 N–H and O–H groups in total. The Morgan fingerprint density at radius 1 is 0.867 bits per heavy atom. The second-order valence-electron chi connectivity index (χ2n) is 6.93. The van der Waals surface area contributed by atoms with E-state index in [9.17, 15) is 14.4 Å². The normalized spacial score (nSPS) is 11.5. The van der Waals surface area contributed by atoms with E-state index in [2.05, 4.69) is 10.3 Å². The summed E-state index contributed by atoms with van der Waals surface area (Å²) in [6.45, 7) is 0. The number of ether oxygens (including phenoxy) is 1. The number of benzene rings is 2. The zero-order valence-corrected chi connectivity index (χ0v) is 16.8. The van der Waals surface area contributed by atoms with E-state index in [0.717, 1.165) is 11.1 Å². The third kappa shape index (κ3) is 5.67. The predicted molar refractivity (Wildman–Crippen MR) is 113 cm³/mol. The molecule has 2 aromatic carbocycles. The van der Waals surface area contributed by atoms with Gasteiger partial charge >= 0.3 is 5.97 Å². The Morgan fingerprint density at radius 3 is 2.10 bits per heavy atom. The van der Waals surface area contributed by atoms with E-state index in [1.807, 2.05) is 60.7 Å². The molecule has 0 saturated heterocycles. The number of amides is 1. The average Bonchev–Trinajstić information content (AvgIpc) is 3.28. The first kappa shape index (κ1) is 21.0. The Bertz CT molecular complexity index is 996. The predicted octanol–water partition coefficient (Wildman–Crippen LogP) is 3.34. The number of H-pyrrole nitrogens is 1. The lowest BCUT2D eigenvalue weighted by atomic mass is 10.1. The van der Waals surface area contributed by atoms with Gasteiger partial charge in [-0.2, -0.15) is 0 Å². The van der Waals surface area contributed by atoms with Gasteiger partial charge in [0, 0.05) is 12.8 Å². The molecule has 3 rings (SSSR count). The molecule has 0 aliphatic carbocycles. The number of Topliss-reactive ketones (excluding diaryl/α,β-unsaturated/α-hetero) is 1. The Morgan fingerprint density at radius 2 is 1.47 bits per heavy atom. The van der Waals surface area contributed by atoms with Crippen LogP contribution in [0.4, 0.5) is 0 Å². The topological polar surface area (TPSA) is 88.3 Å². The zero-order valence-electron chi connectivity index (χ0n) is 16.8. The molecular weight excluding hydrogens is 380 g/mol. The highest BCUT2D eigenvalue weighted by molar-refractivity contribution is 5.99. The second-order valence-corrected chi connectivity index (χ2v) is 6.93. The minimum absolute atomic E-state index is 0.0771. The highest BCUT2D eigenvalue weighted by Gasteiger charge is 2.23. The van der Waals surface area contributed by atoms with Crippen LogP contribution in [-0.4, -0.2) is 35.8 Å². The van der Waals surface area contributed by atoms with Crippen LogP contribution >= 0.6 is 0 Å². The van der Waals surface area contributed by atoms with Crippen LogP contribution in [0.3, 0.4) is 0 Å². The van der Waals surface area contributed by atoms with Crippen LogP contribution in [0.1, 0.15) is 38.5 Å². The van der Waals surface area contributed by atoms with Crippen LogP contribution in [-0.2, 0) is 22.4 Å². The fourth-order valence-corrected chi connectivity index (χ4v) is 3.15. The van der Waals surface area contributed by atoms with Crippen LogP contribution in [0.25, 0.3) is 0 Å². The van der Waals surface area contributed by atoms with Crippen LogP contribution in [0, 0.1) is 0 Å². The summed E-state index contributed by atoms with van der Waals surface area (Å²) in [6, 6.07) is 21.4. The first-order chi connectivity index (χ1) is 14.6. The van der Waals surface area contributed by atoms with E-state index in [1.54, 1.807) is 12.1 Å². The van der Waals surface area contributed by atoms with Crippen molar-refractivity contribution in [3.05, 3.63) is 95.3 Å². The summed E-state index contributed by atoms with van der Waals surface area (Å²) >= 11 is 0. The summed E-state index contributed by atoms with van der Waals surface area (Å²) in [5, 5.41) is 2.69. The number of hydrogen-bond donors (Lipinski definition) is 2. The summed E-state index contributed by atoms with van der Waals surface area (Å²) in [4.78, 5) is 40.0. The SMILES string of the molecule is COC(=O)[C@H](Cc1ccccc1)NC(=O)c1ccc(C(=O)CCc2ccccc2)[nH]1. The summed E-state index contributed by atoms with van der Waals surface area (Å²) in [6.07, 6.45) is 1.27. The van der Waals surface area contributed by atoms with Gasteiger partial charge in [-0.15, -0.1) is 0 Å². The lowest BCUT2D eigenvalue weighted by molar-refractivity contribution is -0.142. The van der Waals surface area contributed by atoms with Crippen LogP contribution < -0.4 is 5.32 Å². The molecule has 0 aliphatic heterocycles. The number of rotatable bonds is 9. The third-order valence-corrected chi connectivity index (χ3v) is 4.79. The molecule has 6 heteroatoms. The van der Waals surface area contributed by atoms with Crippen molar-refractivity contribution >= 4 is 17.7 Å². The highest BCUT2D eigenvalue weighted by Crippen LogP contribution is 2.10. The number of hydrogen-bond acceptors (Lipinski definition) is 4. The molecule has 0 radical (unpaired) electrons. The van der Waals surface area contributed by atoms with Gasteiger partial charge in [0.05, 0.1) is 12.8 Å². The van der Waals surface area contributed by atoms with Gasteiger partial charge in [-0.25, -0.2) is 4.79 Å². The number of esters is 1. The first-order valence-electron chi connectivity index (χ1n) is 9.75. The van der Waals surface area contributed by atoms with E-state index in [1.165, 1.54) is 7.11 Å². The van der Waals surface area contributed by atoms with Gasteiger partial charge in [-0.05, 0) is 29.7 Å². The minimum atomic E-state index is -0.828. The van der Waals surface area contributed by atoms with Crippen molar-refractivity contribution in [1.29, 1.82) is 0 Å². The molecule has 1 aromatic heterocycles. The standard InChI is InChI=1S/C24H24N2O4/c1-30-24(29)21(16-18-10-6-3-7-11-18)26-23(28)20-14-13-19(25-20)22(27)15-12-17-8-4-2-5-9-17/h2-11,13-14,21,25H,12,15-16H2,1H3,(H,26,28)/t21-/m0/s1. The fourth-order valence-electron chi connectivity index (χ4n) is 3.15. The van der Waals surface area contributed by atoms with Crippen molar-refractivity contribution in [1.82, 2.24) is 10.3 Å².